The van der Waals surface area contributed by atoms with E-state index in [9.17, 15) is 0 Å². The number of hydrogen-bond donors (Lipinski definition) is 0. The number of pyridine rings is 1. The first-order valence-electron chi connectivity index (χ1n) is 4.05. The van der Waals surface area contributed by atoms with E-state index in [1.54, 1.807) is 0 Å². The Morgan fingerprint density at radius 1 is 1.55 bits per heavy atom. The van der Waals surface area contributed by atoms with Gasteiger partial charge in [0.05, 0.1) is 5.69 Å². The van der Waals surface area contributed by atoms with Gasteiger partial charge < -0.3 is 0 Å². The molecule has 1 aromatic rings. The van der Waals surface area contributed by atoms with Gasteiger partial charge in [-0.1, -0.05) is 13.0 Å². The van der Waals surface area contributed by atoms with Crippen LogP contribution in [0.4, 0.5) is 0 Å². The lowest BCUT2D eigenvalue weighted by Gasteiger charge is -2.08. The van der Waals surface area contributed by atoms with Gasteiger partial charge >= 0.3 is 0 Å². The summed E-state index contributed by atoms with van der Waals surface area (Å²) < 4.78 is 0. The molecule has 0 N–H and O–H groups in total. The van der Waals surface area contributed by atoms with Crippen molar-refractivity contribution in [2.24, 2.45) is 0 Å². The molecule has 0 saturated carbocycles. The minimum Gasteiger partial charge on any atom is -0.293 e. The molecule has 2 heteroatoms. The fourth-order valence-corrected chi connectivity index (χ4v) is 1.49. The van der Waals surface area contributed by atoms with Crippen LogP contribution in [0.2, 0.25) is 0 Å². The summed E-state index contributed by atoms with van der Waals surface area (Å²) in [4.78, 5) is 6.70. The molecule has 0 saturated heterocycles. The van der Waals surface area contributed by atoms with Crippen LogP contribution < -0.4 is 0 Å². The monoisotopic (exact) mass is 148 g/mol. The smallest absolute Gasteiger partial charge is 0.0588 e. The van der Waals surface area contributed by atoms with Crippen LogP contribution in [0.5, 0.6) is 0 Å². The fourth-order valence-electron chi connectivity index (χ4n) is 1.49. The first-order chi connectivity index (χ1) is 5.40. The Morgan fingerprint density at radius 2 is 2.45 bits per heavy atom. The molecule has 0 aromatic carbocycles. The molecular weight excluding hydrogens is 136 g/mol. The molecule has 11 heavy (non-hydrogen) atoms. The highest BCUT2D eigenvalue weighted by Crippen LogP contribution is 2.18. The van der Waals surface area contributed by atoms with E-state index in [1.165, 1.54) is 11.3 Å². The molecule has 2 rings (SSSR count). The van der Waals surface area contributed by atoms with Gasteiger partial charge in [0.25, 0.3) is 0 Å². The molecule has 0 amide bonds. The van der Waals surface area contributed by atoms with Gasteiger partial charge in [0, 0.05) is 19.3 Å². The summed E-state index contributed by atoms with van der Waals surface area (Å²) in [6, 6.07) is 4.18. The van der Waals surface area contributed by atoms with Crippen molar-refractivity contribution in [1.82, 2.24) is 9.88 Å². The normalized spacial score (nSPS) is 16.8. The van der Waals surface area contributed by atoms with E-state index in [0.717, 1.165) is 19.6 Å². The summed E-state index contributed by atoms with van der Waals surface area (Å²) in [6.07, 6.45) is 1.87. The second-order valence-corrected chi connectivity index (χ2v) is 2.91. The quantitative estimate of drug-likeness (QED) is 0.598. The molecule has 2 nitrogen and oxygen atoms in total. The molecule has 0 fully saturated rings. The lowest BCUT2D eigenvalue weighted by atomic mass is 10.2. The average Bonchev–Trinajstić information content (AvgIpc) is 2.46. The van der Waals surface area contributed by atoms with Crippen molar-refractivity contribution in [3.63, 3.8) is 0 Å². The highest BCUT2D eigenvalue weighted by atomic mass is 15.1. The van der Waals surface area contributed by atoms with Crippen LogP contribution in [0.25, 0.3) is 0 Å². The van der Waals surface area contributed by atoms with E-state index in [4.69, 9.17) is 0 Å². The zero-order valence-corrected chi connectivity index (χ0v) is 6.75. The Bertz CT molecular complexity index is 232. The van der Waals surface area contributed by atoms with Gasteiger partial charge in [-0.3, -0.25) is 9.88 Å². The second-order valence-electron chi connectivity index (χ2n) is 2.91. The summed E-state index contributed by atoms with van der Waals surface area (Å²) in [5.74, 6) is 0. The molecule has 2 heterocycles. The van der Waals surface area contributed by atoms with Gasteiger partial charge in [-0.05, 0) is 18.2 Å². The second kappa shape index (κ2) is 2.62. The lowest BCUT2D eigenvalue weighted by molar-refractivity contribution is 0.299. The highest BCUT2D eigenvalue weighted by Gasteiger charge is 2.16. The molecular formula is C9H12N2. The lowest BCUT2D eigenvalue weighted by Crippen LogP contribution is -2.14. The number of rotatable bonds is 1. The van der Waals surface area contributed by atoms with E-state index < -0.39 is 0 Å². The third kappa shape index (κ3) is 1.14. The summed E-state index contributed by atoms with van der Waals surface area (Å²) in [6.45, 7) is 5.43. The molecule has 0 aliphatic carbocycles. The van der Waals surface area contributed by atoms with Gasteiger partial charge in [-0.25, -0.2) is 0 Å². The SMILES string of the molecule is CCN1Cc2cccnc2C1. The molecule has 1 aromatic heterocycles. The van der Waals surface area contributed by atoms with Crippen LogP contribution >= 0.6 is 0 Å². The maximum Gasteiger partial charge on any atom is 0.0588 e. The van der Waals surface area contributed by atoms with Gasteiger partial charge in [-0.15, -0.1) is 0 Å². The largest absolute Gasteiger partial charge is 0.293 e. The van der Waals surface area contributed by atoms with Crippen LogP contribution in [0.1, 0.15) is 18.2 Å². The van der Waals surface area contributed by atoms with Crippen molar-refractivity contribution in [2.45, 2.75) is 20.0 Å². The maximum atomic E-state index is 4.32. The van der Waals surface area contributed by atoms with E-state index >= 15 is 0 Å². The molecule has 1 aliphatic heterocycles. The predicted octanol–water partition coefficient (Wildman–Crippen LogP) is 1.42. The van der Waals surface area contributed by atoms with Crippen molar-refractivity contribution in [1.29, 1.82) is 0 Å². The zero-order chi connectivity index (χ0) is 7.68. The van der Waals surface area contributed by atoms with Gasteiger partial charge in [-0.2, -0.15) is 0 Å². The molecule has 1 aliphatic rings. The van der Waals surface area contributed by atoms with Crippen LogP contribution in [-0.2, 0) is 13.1 Å². The van der Waals surface area contributed by atoms with E-state index in [2.05, 4.69) is 22.9 Å². The highest BCUT2D eigenvalue weighted by molar-refractivity contribution is 5.23. The fraction of sp³-hybridized carbons (Fsp3) is 0.444. The summed E-state index contributed by atoms with van der Waals surface area (Å²) in [5.41, 5.74) is 2.66. The van der Waals surface area contributed by atoms with Crippen LogP contribution in [0, 0.1) is 0 Å². The standard InChI is InChI=1S/C9H12N2/c1-2-11-6-8-4-3-5-10-9(8)7-11/h3-5H,2,6-7H2,1H3. The van der Waals surface area contributed by atoms with E-state index in [0.29, 0.717) is 0 Å². The van der Waals surface area contributed by atoms with Crippen LogP contribution in [-0.4, -0.2) is 16.4 Å². The minimum atomic E-state index is 1.03. The van der Waals surface area contributed by atoms with Crippen molar-refractivity contribution < 1.29 is 0 Å². The molecule has 0 radical (unpaired) electrons. The third-order valence-electron chi connectivity index (χ3n) is 2.20. The molecule has 0 bridgehead atoms. The number of hydrogen-bond acceptors (Lipinski definition) is 2. The topological polar surface area (TPSA) is 16.1 Å². The zero-order valence-electron chi connectivity index (χ0n) is 6.75. The molecule has 0 spiro atoms. The predicted molar refractivity (Wildman–Crippen MR) is 44.0 cm³/mol. The Hall–Kier alpha value is -0.890. The molecule has 0 unspecified atom stereocenters. The Morgan fingerprint density at radius 3 is 3.18 bits per heavy atom. The molecule has 58 valence electrons. The van der Waals surface area contributed by atoms with E-state index in [-0.39, 0.29) is 0 Å². The number of fused-ring (bicyclic) bond motifs is 1. The van der Waals surface area contributed by atoms with Crippen LogP contribution in [0.15, 0.2) is 18.3 Å². The number of aromatic nitrogens is 1. The first kappa shape index (κ1) is 6.80. The van der Waals surface area contributed by atoms with Crippen molar-refractivity contribution >= 4 is 0 Å². The minimum absolute atomic E-state index is 1.03. The molecule has 0 atom stereocenters. The summed E-state index contributed by atoms with van der Waals surface area (Å²) in [7, 11) is 0. The van der Waals surface area contributed by atoms with Crippen molar-refractivity contribution in [3.05, 3.63) is 29.6 Å². The Labute approximate surface area is 66.9 Å². The van der Waals surface area contributed by atoms with Gasteiger partial charge in [0.1, 0.15) is 0 Å². The van der Waals surface area contributed by atoms with Crippen molar-refractivity contribution in [2.75, 3.05) is 6.54 Å². The van der Waals surface area contributed by atoms with Gasteiger partial charge in [0.15, 0.2) is 0 Å². The summed E-state index contributed by atoms with van der Waals surface area (Å²) in [5, 5.41) is 0. The van der Waals surface area contributed by atoms with Crippen LogP contribution in [0.3, 0.4) is 0 Å². The Kier molecular flexibility index (Phi) is 1.62. The van der Waals surface area contributed by atoms with Crippen molar-refractivity contribution in [3.8, 4) is 0 Å². The summed E-state index contributed by atoms with van der Waals surface area (Å²) >= 11 is 0. The van der Waals surface area contributed by atoms with Gasteiger partial charge in [0.2, 0.25) is 0 Å². The first-order valence-corrected chi connectivity index (χ1v) is 4.05. The third-order valence-corrected chi connectivity index (χ3v) is 2.20. The number of nitrogens with zero attached hydrogens (tertiary/aromatic N) is 2. The Balaban J connectivity index is 2.27. The maximum absolute atomic E-state index is 4.32. The van der Waals surface area contributed by atoms with E-state index in [1.807, 2.05) is 12.3 Å². The average molecular weight is 148 g/mol.